The number of hydrogen-bond donors (Lipinski definition) is 0. The van der Waals surface area contributed by atoms with Crippen LogP contribution in [-0.2, 0) is 24.1 Å². The smallest absolute Gasteiger partial charge is 0.147 e. The third-order valence-electron chi connectivity index (χ3n) is 1.10. The van der Waals surface area contributed by atoms with E-state index in [-0.39, 0.29) is 12.4 Å². The topological polar surface area (TPSA) is 9.23 Å². The summed E-state index contributed by atoms with van der Waals surface area (Å²) in [4.78, 5) is 0. The quantitative estimate of drug-likeness (QED) is 0.472. The third-order valence-corrected chi connectivity index (χ3v) is 1.42. The molecule has 0 rings (SSSR count). The van der Waals surface area contributed by atoms with Crippen LogP contribution >= 0.6 is 12.4 Å². The maximum absolute atomic E-state index is 4.89. The molecular weight excluding hydrogens is 171 g/mol. The molecule has 0 aliphatic carbocycles. The van der Waals surface area contributed by atoms with Crippen LogP contribution in [0.15, 0.2) is 0 Å². The van der Waals surface area contributed by atoms with Gasteiger partial charge >= 0.3 is 63.4 Å². The largest absolute Gasteiger partial charge is 0.147 e. The molecule has 0 heterocycles. The molecule has 0 aromatic rings. The van der Waals surface area contributed by atoms with E-state index in [1.54, 1.807) is 20.8 Å². The van der Waals surface area contributed by atoms with Crippen LogP contribution in [0.3, 0.4) is 0 Å². The van der Waals surface area contributed by atoms with Crippen molar-refractivity contribution in [2.75, 3.05) is 6.61 Å². The number of halogens is 1. The molecule has 1 nitrogen and oxygen atoms in total. The zero-order valence-corrected chi connectivity index (χ0v) is 8.23. The molecule has 0 fully saturated rings. The Morgan fingerprint density at radius 3 is 2.33 bits per heavy atom. The van der Waals surface area contributed by atoms with Crippen LogP contribution < -0.4 is 0 Å². The molecule has 0 aromatic heterocycles. The first-order chi connectivity index (χ1) is 3.91. The first-order valence-corrected chi connectivity index (χ1v) is 3.84. The van der Waals surface area contributed by atoms with Gasteiger partial charge in [-0.3, -0.25) is 0 Å². The van der Waals surface area contributed by atoms with Crippen molar-refractivity contribution in [3.05, 3.63) is 0 Å². The van der Waals surface area contributed by atoms with Gasteiger partial charge in [0.2, 0.25) is 0 Å². The molecule has 0 unspecified atom stereocenters. The van der Waals surface area contributed by atoms with Gasteiger partial charge in [-0.25, -0.2) is 0 Å². The van der Waals surface area contributed by atoms with Crippen molar-refractivity contribution in [2.45, 2.75) is 32.6 Å². The van der Waals surface area contributed by atoms with Gasteiger partial charge in [0.05, 0.1) is 0 Å². The van der Waals surface area contributed by atoms with E-state index < -0.39 is 0 Å². The van der Waals surface area contributed by atoms with Gasteiger partial charge in [0.1, 0.15) is 0 Å². The Balaban J connectivity index is 0. The summed E-state index contributed by atoms with van der Waals surface area (Å²) in [5.74, 6) is 0. The molecule has 0 saturated carbocycles. The summed E-state index contributed by atoms with van der Waals surface area (Å²) in [7, 11) is 0. The normalized spacial score (nSPS) is 8.44. The molecule has 0 aliphatic heterocycles. The van der Waals surface area contributed by atoms with Crippen molar-refractivity contribution in [2.24, 2.45) is 0 Å². The second-order valence-corrected chi connectivity index (χ2v) is 2.36. The first-order valence-electron chi connectivity index (χ1n) is 3.20. The SMILES string of the molecule is CCCCCC[O][Ti].Cl. The molecule has 0 atom stereocenters. The average Bonchev–Trinajstić information content (AvgIpc) is 1.81. The van der Waals surface area contributed by atoms with Crippen molar-refractivity contribution in [3.8, 4) is 0 Å². The molecule has 0 bridgehead atoms. The minimum Gasteiger partial charge on any atom is -0.147 e. The summed E-state index contributed by atoms with van der Waals surface area (Å²) < 4.78 is 4.89. The van der Waals surface area contributed by atoms with Crippen LogP contribution in [0.4, 0.5) is 0 Å². The Morgan fingerprint density at radius 2 is 1.89 bits per heavy atom. The van der Waals surface area contributed by atoms with E-state index in [1.165, 1.54) is 25.7 Å². The summed E-state index contributed by atoms with van der Waals surface area (Å²) in [6.45, 7) is 3.15. The molecule has 0 N–H and O–H groups in total. The van der Waals surface area contributed by atoms with Gasteiger partial charge in [-0.05, 0) is 0 Å². The van der Waals surface area contributed by atoms with Gasteiger partial charge in [-0.15, -0.1) is 12.4 Å². The van der Waals surface area contributed by atoms with E-state index in [4.69, 9.17) is 3.32 Å². The summed E-state index contributed by atoms with van der Waals surface area (Å²) in [6, 6.07) is 0. The molecule has 3 heteroatoms. The number of hydrogen-bond acceptors (Lipinski definition) is 1. The van der Waals surface area contributed by atoms with E-state index in [0.717, 1.165) is 6.61 Å². The molecule has 55 valence electrons. The molecular formula is C6H14ClOTi. The van der Waals surface area contributed by atoms with Crippen LogP contribution in [0.5, 0.6) is 0 Å². The van der Waals surface area contributed by atoms with E-state index in [0.29, 0.717) is 0 Å². The Bertz CT molecular complexity index is 38.0. The van der Waals surface area contributed by atoms with Crippen molar-refractivity contribution >= 4 is 12.4 Å². The Morgan fingerprint density at radius 1 is 1.22 bits per heavy atom. The van der Waals surface area contributed by atoms with E-state index in [9.17, 15) is 0 Å². The fraction of sp³-hybridized carbons (Fsp3) is 1.00. The predicted octanol–water partition coefficient (Wildman–Crippen LogP) is 2.47. The molecule has 0 saturated heterocycles. The summed E-state index contributed by atoms with van der Waals surface area (Å²) in [5.41, 5.74) is 0. The molecule has 0 amide bonds. The van der Waals surface area contributed by atoms with E-state index in [2.05, 4.69) is 6.92 Å². The average molecular weight is 185 g/mol. The molecule has 0 radical (unpaired) electrons. The van der Waals surface area contributed by atoms with Crippen molar-refractivity contribution in [1.29, 1.82) is 0 Å². The maximum atomic E-state index is 4.89. The Labute approximate surface area is 75.8 Å². The second-order valence-electron chi connectivity index (χ2n) is 1.91. The van der Waals surface area contributed by atoms with Crippen molar-refractivity contribution < 1.29 is 24.1 Å². The van der Waals surface area contributed by atoms with Crippen LogP contribution in [0, 0.1) is 0 Å². The monoisotopic (exact) mass is 185 g/mol. The van der Waals surface area contributed by atoms with Gasteiger partial charge in [0.25, 0.3) is 0 Å². The van der Waals surface area contributed by atoms with E-state index in [1.807, 2.05) is 0 Å². The van der Waals surface area contributed by atoms with Gasteiger partial charge in [0.15, 0.2) is 0 Å². The van der Waals surface area contributed by atoms with Crippen LogP contribution in [0.25, 0.3) is 0 Å². The van der Waals surface area contributed by atoms with Gasteiger partial charge in [0, 0.05) is 0 Å². The fourth-order valence-corrected chi connectivity index (χ4v) is 0.826. The fourth-order valence-electron chi connectivity index (χ4n) is 0.601. The Kier molecular flexibility index (Phi) is 16.4. The molecule has 9 heavy (non-hydrogen) atoms. The maximum Gasteiger partial charge on any atom is -0.147 e. The minimum atomic E-state index is 0. The zero-order chi connectivity index (χ0) is 6.24. The molecule has 0 aromatic carbocycles. The van der Waals surface area contributed by atoms with Gasteiger partial charge in [-0.1, -0.05) is 0 Å². The number of rotatable bonds is 5. The van der Waals surface area contributed by atoms with Crippen molar-refractivity contribution in [1.82, 2.24) is 0 Å². The predicted molar refractivity (Wildman–Crippen MR) is 37.3 cm³/mol. The van der Waals surface area contributed by atoms with E-state index >= 15 is 0 Å². The second kappa shape index (κ2) is 11.7. The first kappa shape index (κ1) is 12.6. The Hall–Kier alpha value is 0.964. The van der Waals surface area contributed by atoms with Crippen molar-refractivity contribution in [3.63, 3.8) is 0 Å². The molecule has 0 aliphatic rings. The van der Waals surface area contributed by atoms with Gasteiger partial charge in [-0.2, -0.15) is 0 Å². The minimum absolute atomic E-state index is 0. The molecule has 0 spiro atoms. The summed E-state index contributed by atoms with van der Waals surface area (Å²) >= 11 is 1.76. The van der Waals surface area contributed by atoms with Crippen LogP contribution in [-0.4, -0.2) is 6.61 Å². The van der Waals surface area contributed by atoms with Gasteiger partial charge < -0.3 is 0 Å². The number of unbranched alkanes of at least 4 members (excludes halogenated alkanes) is 3. The van der Waals surface area contributed by atoms with Crippen LogP contribution in [0.2, 0.25) is 0 Å². The third kappa shape index (κ3) is 12.2. The van der Waals surface area contributed by atoms with Crippen LogP contribution in [0.1, 0.15) is 32.6 Å². The standard InChI is InChI=1S/C6H13O.ClH.Ti/c1-2-3-4-5-6-7;;/h2-6H2,1H3;1H;/q-1;;+1. The zero-order valence-electron chi connectivity index (χ0n) is 5.85. The summed E-state index contributed by atoms with van der Waals surface area (Å²) in [6.07, 6.45) is 5.21. The summed E-state index contributed by atoms with van der Waals surface area (Å²) in [5, 5.41) is 0.